The number of rotatable bonds is 7. The minimum atomic E-state index is -1.00. The number of benzene rings is 2. The van der Waals surface area contributed by atoms with Crippen molar-refractivity contribution in [3.8, 4) is 11.5 Å². The van der Waals surface area contributed by atoms with E-state index < -0.39 is 11.9 Å². The Bertz CT molecular complexity index is 661. The largest absolute Gasteiger partial charge is 0.497 e. The van der Waals surface area contributed by atoms with E-state index in [0.29, 0.717) is 18.1 Å². The molecular weight excluding hydrogens is 328 g/mol. The van der Waals surface area contributed by atoms with Gasteiger partial charge in [-0.25, -0.2) is 9.59 Å². The Morgan fingerprint density at radius 2 is 1.48 bits per heavy atom. The number of ether oxygens (including phenoxy) is 3. The van der Waals surface area contributed by atoms with Crippen LogP contribution in [0, 0.1) is 0 Å². The Kier molecular flexibility index (Phi) is 8.53. The summed E-state index contributed by atoms with van der Waals surface area (Å²) in [5, 5.41) is 17.0. The summed E-state index contributed by atoms with van der Waals surface area (Å²) < 4.78 is 14.7. The monoisotopic (exact) mass is 348 g/mol. The van der Waals surface area contributed by atoms with Crippen LogP contribution in [0.4, 0.5) is 0 Å². The number of hydrogen-bond acceptors (Lipinski definition) is 5. The molecule has 0 aromatic heterocycles. The van der Waals surface area contributed by atoms with Gasteiger partial charge in [0, 0.05) is 6.07 Å². The standard InChI is InChI=1S/C9H10O4.C9H10O3/c1-12-7-3-6(9(10)11)4-8(5-7)13-2;10-9(11)7-12-6-8-4-2-1-3-5-8/h3-5H,1-2H3,(H,10,11);1-5H,6-7H2,(H,10,11). The summed E-state index contributed by atoms with van der Waals surface area (Å²) in [6.45, 7) is 0.113. The molecule has 0 aliphatic rings. The first kappa shape index (κ1) is 20.0. The number of aliphatic carboxylic acids is 1. The molecule has 2 aromatic carbocycles. The van der Waals surface area contributed by atoms with E-state index in [0.717, 1.165) is 5.56 Å². The SMILES string of the molecule is COc1cc(OC)cc(C(=O)O)c1.O=C(O)COCc1ccccc1. The minimum Gasteiger partial charge on any atom is -0.497 e. The molecule has 7 heteroatoms. The van der Waals surface area contributed by atoms with Crippen molar-refractivity contribution in [3.05, 3.63) is 59.7 Å². The van der Waals surface area contributed by atoms with Gasteiger partial charge in [0.2, 0.25) is 0 Å². The molecule has 0 aliphatic carbocycles. The number of carboxylic acids is 2. The summed E-state index contributed by atoms with van der Waals surface area (Å²) in [6.07, 6.45) is 0. The number of aromatic carboxylic acids is 1. The third-order valence-electron chi connectivity index (χ3n) is 2.94. The first-order chi connectivity index (χ1) is 12.0. The van der Waals surface area contributed by atoms with Crippen molar-refractivity contribution in [3.63, 3.8) is 0 Å². The molecule has 0 atom stereocenters. The first-order valence-corrected chi connectivity index (χ1v) is 7.26. The van der Waals surface area contributed by atoms with E-state index in [-0.39, 0.29) is 12.2 Å². The Labute approximate surface area is 145 Å². The molecule has 2 rings (SSSR count). The third kappa shape index (κ3) is 7.85. The summed E-state index contributed by atoms with van der Waals surface area (Å²) in [4.78, 5) is 20.7. The zero-order chi connectivity index (χ0) is 18.7. The summed E-state index contributed by atoms with van der Waals surface area (Å²) >= 11 is 0. The zero-order valence-electron chi connectivity index (χ0n) is 14.0. The Hall–Kier alpha value is -3.06. The van der Waals surface area contributed by atoms with Crippen molar-refractivity contribution >= 4 is 11.9 Å². The van der Waals surface area contributed by atoms with Crippen LogP contribution in [0.2, 0.25) is 0 Å². The fourth-order valence-electron chi connectivity index (χ4n) is 1.76. The molecule has 0 amide bonds. The van der Waals surface area contributed by atoms with Crippen LogP contribution in [0.1, 0.15) is 15.9 Å². The molecule has 2 N–H and O–H groups in total. The van der Waals surface area contributed by atoms with Crippen molar-refractivity contribution in [2.24, 2.45) is 0 Å². The summed E-state index contributed by atoms with van der Waals surface area (Å²) in [7, 11) is 2.95. The van der Waals surface area contributed by atoms with Gasteiger partial charge in [-0.15, -0.1) is 0 Å². The molecule has 0 radical (unpaired) electrons. The third-order valence-corrected chi connectivity index (χ3v) is 2.94. The average molecular weight is 348 g/mol. The van der Waals surface area contributed by atoms with Crippen LogP contribution in [-0.4, -0.2) is 43.0 Å². The second-order valence-electron chi connectivity index (χ2n) is 4.78. The molecule has 0 aliphatic heterocycles. The smallest absolute Gasteiger partial charge is 0.335 e. The van der Waals surface area contributed by atoms with Gasteiger partial charge in [0.1, 0.15) is 18.1 Å². The molecule has 134 valence electrons. The summed E-state index contributed by atoms with van der Waals surface area (Å²) in [6, 6.07) is 13.9. The van der Waals surface area contributed by atoms with Crippen molar-refractivity contribution in [2.45, 2.75) is 6.61 Å². The van der Waals surface area contributed by atoms with Crippen LogP contribution < -0.4 is 9.47 Å². The maximum atomic E-state index is 10.6. The van der Waals surface area contributed by atoms with Gasteiger partial charge in [-0.1, -0.05) is 30.3 Å². The first-order valence-electron chi connectivity index (χ1n) is 7.26. The van der Waals surface area contributed by atoms with E-state index in [4.69, 9.17) is 24.4 Å². The van der Waals surface area contributed by atoms with E-state index in [1.807, 2.05) is 30.3 Å². The topological polar surface area (TPSA) is 102 Å². The highest BCUT2D eigenvalue weighted by Gasteiger charge is 2.07. The Morgan fingerprint density at radius 3 is 1.92 bits per heavy atom. The van der Waals surface area contributed by atoms with Crippen molar-refractivity contribution in [1.29, 1.82) is 0 Å². The van der Waals surface area contributed by atoms with Crippen LogP contribution in [0.3, 0.4) is 0 Å². The number of carbonyl (C=O) groups is 2. The quantitative estimate of drug-likeness (QED) is 0.793. The van der Waals surface area contributed by atoms with Crippen LogP contribution in [0.25, 0.3) is 0 Å². The van der Waals surface area contributed by atoms with Crippen LogP contribution in [-0.2, 0) is 16.1 Å². The van der Waals surface area contributed by atoms with Crippen LogP contribution in [0.5, 0.6) is 11.5 Å². The molecule has 0 bridgehead atoms. The maximum Gasteiger partial charge on any atom is 0.335 e. The lowest BCUT2D eigenvalue weighted by Crippen LogP contribution is -2.06. The van der Waals surface area contributed by atoms with Gasteiger partial charge >= 0.3 is 11.9 Å². The predicted octanol–water partition coefficient (Wildman–Crippen LogP) is 2.69. The Balaban J connectivity index is 0.000000251. The van der Waals surface area contributed by atoms with Gasteiger partial charge < -0.3 is 24.4 Å². The predicted molar refractivity (Wildman–Crippen MR) is 90.2 cm³/mol. The molecule has 0 heterocycles. The second kappa shape index (κ2) is 10.7. The molecule has 0 fully saturated rings. The van der Waals surface area contributed by atoms with Gasteiger partial charge in [0.15, 0.2) is 0 Å². The second-order valence-corrected chi connectivity index (χ2v) is 4.78. The molecular formula is C18H20O7. The van der Waals surface area contributed by atoms with Crippen molar-refractivity contribution in [1.82, 2.24) is 0 Å². The van der Waals surface area contributed by atoms with E-state index in [1.165, 1.54) is 26.4 Å². The van der Waals surface area contributed by atoms with Crippen LogP contribution in [0.15, 0.2) is 48.5 Å². The van der Waals surface area contributed by atoms with Gasteiger partial charge in [0.25, 0.3) is 0 Å². The normalized spacial score (nSPS) is 9.52. The van der Waals surface area contributed by atoms with Gasteiger partial charge in [-0.05, 0) is 17.7 Å². The molecule has 0 saturated heterocycles. The van der Waals surface area contributed by atoms with Crippen molar-refractivity contribution < 1.29 is 34.0 Å². The molecule has 7 nitrogen and oxygen atoms in total. The molecule has 0 saturated carbocycles. The number of carboxylic acid groups (broad SMARTS) is 2. The van der Waals surface area contributed by atoms with E-state index in [9.17, 15) is 9.59 Å². The molecule has 0 unspecified atom stereocenters. The van der Waals surface area contributed by atoms with E-state index >= 15 is 0 Å². The highest BCUT2D eigenvalue weighted by atomic mass is 16.5. The number of methoxy groups -OCH3 is 2. The Morgan fingerprint density at radius 1 is 0.920 bits per heavy atom. The van der Waals surface area contributed by atoms with Gasteiger partial charge in [0.05, 0.1) is 26.4 Å². The van der Waals surface area contributed by atoms with Gasteiger partial charge in [-0.2, -0.15) is 0 Å². The molecule has 25 heavy (non-hydrogen) atoms. The van der Waals surface area contributed by atoms with Crippen LogP contribution >= 0.6 is 0 Å². The molecule has 2 aromatic rings. The highest BCUT2D eigenvalue weighted by Crippen LogP contribution is 2.22. The highest BCUT2D eigenvalue weighted by molar-refractivity contribution is 5.88. The van der Waals surface area contributed by atoms with Crippen molar-refractivity contribution in [2.75, 3.05) is 20.8 Å². The minimum absolute atomic E-state index is 0.149. The van der Waals surface area contributed by atoms with E-state index in [1.54, 1.807) is 6.07 Å². The lowest BCUT2D eigenvalue weighted by Gasteiger charge is -2.05. The fourth-order valence-corrected chi connectivity index (χ4v) is 1.76. The lowest BCUT2D eigenvalue weighted by molar-refractivity contribution is -0.142. The number of hydrogen-bond donors (Lipinski definition) is 2. The zero-order valence-corrected chi connectivity index (χ0v) is 14.0. The van der Waals surface area contributed by atoms with Gasteiger partial charge in [-0.3, -0.25) is 0 Å². The average Bonchev–Trinajstić information content (AvgIpc) is 2.62. The molecule has 0 spiro atoms. The lowest BCUT2D eigenvalue weighted by atomic mass is 10.2. The summed E-state index contributed by atoms with van der Waals surface area (Å²) in [5.74, 6) is -1.00. The fraction of sp³-hybridized carbons (Fsp3) is 0.222. The maximum absolute atomic E-state index is 10.6. The summed E-state index contributed by atoms with van der Waals surface area (Å²) in [5.41, 5.74) is 1.13. The van der Waals surface area contributed by atoms with E-state index in [2.05, 4.69) is 0 Å².